The Bertz CT molecular complexity index is 1610. The molecule has 198 valence electrons. The molecule has 1 unspecified atom stereocenters. The molecule has 1 atom stereocenters. The fraction of sp³-hybridized carbons (Fsp3) is 0.273. The van der Waals surface area contributed by atoms with Gasteiger partial charge in [-0.25, -0.2) is 14.8 Å². The van der Waals surface area contributed by atoms with Gasteiger partial charge in [0, 0.05) is 19.8 Å². The molecule has 0 saturated carbocycles. The highest BCUT2D eigenvalue weighted by Crippen LogP contribution is 2.28. The van der Waals surface area contributed by atoms with Gasteiger partial charge in [-0.1, -0.05) is 11.6 Å². The summed E-state index contributed by atoms with van der Waals surface area (Å²) >= 11 is 12.6. The fourth-order valence-electron chi connectivity index (χ4n) is 3.80. The molecule has 0 aliphatic rings. The average molecular weight is 560 g/mol. The number of aromatic amines is 1. The molecule has 0 spiro atoms. The lowest BCUT2D eigenvalue weighted by Gasteiger charge is -2.13. The van der Waals surface area contributed by atoms with E-state index in [0.29, 0.717) is 52.1 Å². The number of primary amides is 1. The van der Waals surface area contributed by atoms with E-state index < -0.39 is 12.4 Å². The summed E-state index contributed by atoms with van der Waals surface area (Å²) in [5.41, 5.74) is 9.04. The lowest BCUT2D eigenvalue weighted by Crippen LogP contribution is -2.24. The van der Waals surface area contributed by atoms with Gasteiger partial charge in [0.05, 0.1) is 46.8 Å². The first-order valence-electron chi connectivity index (χ1n) is 11.4. The number of rotatable bonds is 10. The van der Waals surface area contributed by atoms with Gasteiger partial charge < -0.3 is 30.8 Å². The third-order valence-electron chi connectivity index (χ3n) is 5.43. The zero-order valence-corrected chi connectivity index (χ0v) is 21.8. The second kappa shape index (κ2) is 10.7. The highest BCUT2D eigenvalue weighted by atomic mass is 35.5. The summed E-state index contributed by atoms with van der Waals surface area (Å²) in [6, 6.07) is 3.61. The van der Waals surface area contributed by atoms with Gasteiger partial charge in [0.25, 0.3) is 0 Å². The molecule has 5 N–H and O–H groups in total. The van der Waals surface area contributed by atoms with Crippen LogP contribution in [-0.2, 0) is 23.1 Å². The summed E-state index contributed by atoms with van der Waals surface area (Å²) in [5, 5.41) is 11.2. The Morgan fingerprint density at radius 1 is 1.24 bits per heavy atom. The van der Waals surface area contributed by atoms with Crippen molar-refractivity contribution in [3.05, 3.63) is 47.0 Å². The second-order valence-corrected chi connectivity index (χ2v) is 8.93. The van der Waals surface area contributed by atoms with Crippen LogP contribution in [0, 0.1) is 0 Å². The first kappa shape index (κ1) is 25.5. The number of H-pyrrole nitrogens is 1. The molecule has 5 rings (SSSR count). The molecule has 1 amide bonds. The van der Waals surface area contributed by atoms with Gasteiger partial charge in [0.1, 0.15) is 12.2 Å². The first-order valence-corrected chi connectivity index (χ1v) is 12.2. The molecule has 0 aliphatic carbocycles. The number of anilines is 2. The summed E-state index contributed by atoms with van der Waals surface area (Å²) in [4.78, 5) is 31.7. The van der Waals surface area contributed by atoms with Gasteiger partial charge >= 0.3 is 6.09 Å². The molecule has 0 fully saturated rings. The minimum absolute atomic E-state index is 0.0808. The Kier molecular flexibility index (Phi) is 7.18. The zero-order chi connectivity index (χ0) is 26.8. The zero-order valence-electron chi connectivity index (χ0n) is 20.3. The van der Waals surface area contributed by atoms with Crippen molar-refractivity contribution in [1.82, 2.24) is 39.3 Å². The van der Waals surface area contributed by atoms with E-state index in [1.807, 2.05) is 19.3 Å². The number of nitrogens with two attached hydrogens (primary N) is 1. The monoisotopic (exact) mass is 559 g/mol. The third kappa shape index (κ3) is 5.56. The molecule has 14 nitrogen and oxygen atoms in total. The van der Waals surface area contributed by atoms with E-state index >= 15 is 0 Å². The van der Waals surface area contributed by atoms with E-state index in [-0.39, 0.29) is 11.9 Å². The molecule has 0 radical (unpaired) electrons. The van der Waals surface area contributed by atoms with Gasteiger partial charge in [-0.15, -0.1) is 0 Å². The first-order chi connectivity index (χ1) is 18.3. The van der Waals surface area contributed by atoms with E-state index in [9.17, 15) is 4.79 Å². The number of hydrogen-bond donors (Lipinski definition) is 4. The van der Waals surface area contributed by atoms with Crippen molar-refractivity contribution >= 4 is 63.0 Å². The van der Waals surface area contributed by atoms with Crippen LogP contribution >= 0.6 is 23.2 Å². The van der Waals surface area contributed by atoms with Crippen molar-refractivity contribution in [3.8, 4) is 5.69 Å². The standard InChI is InChI=1S/C22H23Cl2N11O3/c1-11(38-22(25)36)37-4-3-26-14-6-16-15(5-13(14)23)30-17(31-16)8-27-19-18-20(33-21(24)32-19)35(10-28-18)12-7-29-34(2)9-12/h5-7,9-11,26H,3-4,8H2,1-2H3,(H2,25,36)(H,30,31)(H,27,32,33). The highest BCUT2D eigenvalue weighted by molar-refractivity contribution is 6.34. The van der Waals surface area contributed by atoms with E-state index in [1.54, 1.807) is 34.8 Å². The van der Waals surface area contributed by atoms with Crippen molar-refractivity contribution in [2.24, 2.45) is 12.8 Å². The van der Waals surface area contributed by atoms with Crippen molar-refractivity contribution < 1.29 is 14.3 Å². The SMILES string of the molecule is CC(OCCNc1cc2nc(CNc3nc(Cl)nc4c3ncn4-c3cnn(C)c3)[nH]c2cc1Cl)OC(N)=O. The number of halogens is 2. The summed E-state index contributed by atoms with van der Waals surface area (Å²) in [7, 11) is 1.83. The quantitative estimate of drug-likeness (QED) is 0.113. The molecular formula is C22H23Cl2N11O3. The van der Waals surface area contributed by atoms with Gasteiger partial charge in [-0.3, -0.25) is 9.25 Å². The number of aromatic nitrogens is 8. The van der Waals surface area contributed by atoms with Crippen molar-refractivity contribution in [3.63, 3.8) is 0 Å². The highest BCUT2D eigenvalue weighted by Gasteiger charge is 2.15. The molecule has 0 saturated heterocycles. The number of aryl methyl sites for hydroxylation is 1. The number of nitrogens with zero attached hydrogens (tertiary/aromatic N) is 7. The molecule has 1 aromatic carbocycles. The normalized spacial score (nSPS) is 12.2. The van der Waals surface area contributed by atoms with Crippen LogP contribution < -0.4 is 16.4 Å². The number of benzene rings is 1. The Labute approximate surface area is 225 Å². The summed E-state index contributed by atoms with van der Waals surface area (Å²) in [5.74, 6) is 1.13. The topological polar surface area (TPSA) is 176 Å². The van der Waals surface area contributed by atoms with Gasteiger partial charge in [0.15, 0.2) is 17.0 Å². The summed E-state index contributed by atoms with van der Waals surface area (Å²) < 4.78 is 13.5. The van der Waals surface area contributed by atoms with Crippen molar-refractivity contribution in [2.45, 2.75) is 19.8 Å². The smallest absolute Gasteiger partial charge is 0.406 e. The van der Waals surface area contributed by atoms with Gasteiger partial charge in [0.2, 0.25) is 11.6 Å². The summed E-state index contributed by atoms with van der Waals surface area (Å²) in [6.45, 7) is 2.59. The van der Waals surface area contributed by atoms with Crippen LogP contribution in [0.15, 0.2) is 30.9 Å². The molecule has 5 aromatic rings. The summed E-state index contributed by atoms with van der Waals surface area (Å²) in [6.07, 6.45) is 3.56. The van der Waals surface area contributed by atoms with Crippen LogP contribution in [0.25, 0.3) is 27.9 Å². The Morgan fingerprint density at radius 3 is 2.84 bits per heavy atom. The number of carbonyl (C=O) groups excluding carboxylic acids is 1. The minimum atomic E-state index is -0.894. The second-order valence-electron chi connectivity index (χ2n) is 8.19. The van der Waals surface area contributed by atoms with Crippen LogP contribution in [0.5, 0.6) is 0 Å². The van der Waals surface area contributed by atoms with Crippen LogP contribution in [0.3, 0.4) is 0 Å². The Hall–Kier alpha value is -4.14. The molecule has 16 heteroatoms. The molecule has 0 bridgehead atoms. The number of fused-ring (bicyclic) bond motifs is 2. The molecule has 4 heterocycles. The van der Waals surface area contributed by atoms with Crippen molar-refractivity contribution in [2.75, 3.05) is 23.8 Å². The van der Waals surface area contributed by atoms with Gasteiger partial charge in [-0.05, 0) is 30.7 Å². The lowest BCUT2D eigenvalue weighted by atomic mass is 10.2. The Balaban J connectivity index is 1.27. The number of amides is 1. The van der Waals surface area contributed by atoms with Gasteiger partial charge in [-0.2, -0.15) is 15.1 Å². The van der Waals surface area contributed by atoms with Crippen LogP contribution in [0.2, 0.25) is 10.3 Å². The van der Waals surface area contributed by atoms with E-state index in [1.165, 1.54) is 0 Å². The van der Waals surface area contributed by atoms with Crippen molar-refractivity contribution in [1.29, 1.82) is 0 Å². The Morgan fingerprint density at radius 2 is 2.08 bits per heavy atom. The number of carbonyl (C=O) groups is 1. The third-order valence-corrected chi connectivity index (χ3v) is 5.92. The maximum absolute atomic E-state index is 10.7. The van der Waals surface area contributed by atoms with E-state index in [0.717, 1.165) is 11.2 Å². The lowest BCUT2D eigenvalue weighted by molar-refractivity contribution is -0.0851. The number of ether oxygens (including phenoxy) is 2. The number of nitrogens with one attached hydrogen (secondary N) is 3. The fourth-order valence-corrected chi connectivity index (χ4v) is 4.19. The molecule has 4 aromatic heterocycles. The minimum Gasteiger partial charge on any atom is -0.420 e. The van der Waals surface area contributed by atoms with E-state index in [4.69, 9.17) is 38.4 Å². The van der Waals surface area contributed by atoms with E-state index in [2.05, 4.69) is 40.7 Å². The predicted octanol–water partition coefficient (Wildman–Crippen LogP) is 3.21. The molecule has 38 heavy (non-hydrogen) atoms. The largest absolute Gasteiger partial charge is 0.420 e. The molecular weight excluding hydrogens is 537 g/mol. The van der Waals surface area contributed by atoms with Crippen LogP contribution in [0.4, 0.5) is 16.3 Å². The van der Waals surface area contributed by atoms with Crippen LogP contribution in [0.1, 0.15) is 12.7 Å². The van der Waals surface area contributed by atoms with Crippen LogP contribution in [-0.4, -0.2) is 64.8 Å². The average Bonchev–Trinajstić information content (AvgIpc) is 3.57. The maximum Gasteiger partial charge on any atom is 0.406 e. The number of imidazole rings is 2. The molecule has 0 aliphatic heterocycles. The predicted molar refractivity (Wildman–Crippen MR) is 141 cm³/mol. The number of hydrogen-bond acceptors (Lipinski definition) is 10. The maximum atomic E-state index is 10.7.